The lowest BCUT2D eigenvalue weighted by Crippen LogP contribution is -2.16. The van der Waals surface area contributed by atoms with Crippen molar-refractivity contribution in [1.29, 1.82) is 0 Å². The highest BCUT2D eigenvalue weighted by Crippen LogP contribution is 2.27. The number of amides is 1. The molecule has 0 spiro atoms. The highest BCUT2D eigenvalue weighted by molar-refractivity contribution is 7.99. The number of anilines is 1. The second-order valence-electron chi connectivity index (χ2n) is 4.80. The van der Waals surface area contributed by atoms with Crippen LogP contribution in [-0.2, 0) is 4.79 Å². The van der Waals surface area contributed by atoms with Gasteiger partial charge in [0.15, 0.2) is 5.58 Å². The van der Waals surface area contributed by atoms with Gasteiger partial charge in [-0.15, -0.1) is 11.8 Å². The van der Waals surface area contributed by atoms with Crippen molar-refractivity contribution in [3.63, 3.8) is 0 Å². The number of aromatic nitrogens is 2. The molecule has 0 aliphatic carbocycles. The van der Waals surface area contributed by atoms with Crippen LogP contribution >= 0.6 is 23.5 Å². The van der Waals surface area contributed by atoms with Gasteiger partial charge in [-0.1, -0.05) is 23.9 Å². The summed E-state index contributed by atoms with van der Waals surface area (Å²) in [7, 11) is 0. The first-order valence-corrected chi connectivity index (χ1v) is 9.16. The average Bonchev–Trinajstić information content (AvgIpc) is 2.98. The Labute approximate surface area is 142 Å². The molecular weight excluding hydrogens is 330 g/mol. The van der Waals surface area contributed by atoms with Gasteiger partial charge in [-0.25, -0.2) is 9.97 Å². The fourth-order valence-corrected chi connectivity index (χ4v) is 3.28. The lowest BCUT2D eigenvalue weighted by Gasteiger charge is -2.10. The van der Waals surface area contributed by atoms with Crippen molar-refractivity contribution in [1.82, 2.24) is 9.97 Å². The van der Waals surface area contributed by atoms with Crippen LogP contribution in [0.5, 0.6) is 0 Å². The molecule has 1 amide bonds. The fourth-order valence-electron chi connectivity index (χ4n) is 2.06. The van der Waals surface area contributed by atoms with E-state index in [2.05, 4.69) is 15.3 Å². The first-order chi connectivity index (χ1) is 11.2. The summed E-state index contributed by atoms with van der Waals surface area (Å²) in [5.41, 5.74) is 3.28. The quantitative estimate of drug-likeness (QED) is 0.705. The Morgan fingerprint density at radius 3 is 2.91 bits per heavy atom. The first kappa shape index (κ1) is 15.9. The van der Waals surface area contributed by atoms with E-state index in [9.17, 15) is 4.79 Å². The SMILES string of the molecule is CSc1nccc(C)c1NC(=O)CSc1nc2ccccc2o1. The molecule has 0 atom stereocenters. The molecule has 2 aromatic heterocycles. The average molecular weight is 345 g/mol. The van der Waals surface area contributed by atoms with Gasteiger partial charge in [0.2, 0.25) is 5.91 Å². The molecule has 0 bridgehead atoms. The number of nitrogens with one attached hydrogen (secondary N) is 1. The van der Waals surface area contributed by atoms with Gasteiger partial charge >= 0.3 is 0 Å². The molecule has 0 aliphatic heterocycles. The van der Waals surface area contributed by atoms with Gasteiger partial charge in [0.1, 0.15) is 10.5 Å². The standard InChI is InChI=1S/C16H15N3O2S2/c1-10-7-8-17-15(22-2)14(10)19-13(20)9-23-16-18-11-5-3-4-6-12(11)21-16/h3-8H,9H2,1-2H3,(H,19,20). The summed E-state index contributed by atoms with van der Waals surface area (Å²) < 4.78 is 5.59. The molecule has 0 radical (unpaired) electrons. The number of rotatable bonds is 5. The number of carbonyl (C=O) groups is 1. The zero-order valence-corrected chi connectivity index (χ0v) is 14.3. The van der Waals surface area contributed by atoms with Crippen LogP contribution in [0, 0.1) is 6.92 Å². The van der Waals surface area contributed by atoms with E-state index in [0.29, 0.717) is 5.22 Å². The molecule has 118 valence electrons. The number of nitrogens with zero attached hydrogens (tertiary/aromatic N) is 2. The molecule has 1 aromatic carbocycles. The molecule has 23 heavy (non-hydrogen) atoms. The van der Waals surface area contributed by atoms with E-state index in [1.807, 2.05) is 43.5 Å². The molecule has 5 nitrogen and oxygen atoms in total. The van der Waals surface area contributed by atoms with Gasteiger partial charge in [0, 0.05) is 6.20 Å². The lowest BCUT2D eigenvalue weighted by atomic mass is 10.2. The number of hydrogen-bond acceptors (Lipinski definition) is 6. The van der Waals surface area contributed by atoms with Crippen molar-refractivity contribution in [2.75, 3.05) is 17.3 Å². The molecule has 2 heterocycles. The topological polar surface area (TPSA) is 68.0 Å². The number of oxazole rings is 1. The third-order valence-corrected chi connectivity index (χ3v) is 4.71. The van der Waals surface area contributed by atoms with E-state index < -0.39 is 0 Å². The second-order valence-corrected chi connectivity index (χ2v) is 6.52. The normalized spacial score (nSPS) is 10.9. The van der Waals surface area contributed by atoms with Crippen molar-refractivity contribution in [3.8, 4) is 0 Å². The molecule has 0 saturated heterocycles. The van der Waals surface area contributed by atoms with Crippen LogP contribution in [0.3, 0.4) is 0 Å². The maximum Gasteiger partial charge on any atom is 0.257 e. The van der Waals surface area contributed by atoms with Crippen molar-refractivity contribution < 1.29 is 9.21 Å². The summed E-state index contributed by atoms with van der Waals surface area (Å²) >= 11 is 2.78. The van der Waals surface area contributed by atoms with Crippen molar-refractivity contribution >= 4 is 46.2 Å². The fraction of sp³-hybridized carbons (Fsp3) is 0.188. The summed E-state index contributed by atoms with van der Waals surface area (Å²) in [4.78, 5) is 20.8. The summed E-state index contributed by atoms with van der Waals surface area (Å²) in [6.07, 6.45) is 3.67. The minimum absolute atomic E-state index is 0.108. The molecule has 3 aromatic rings. The van der Waals surface area contributed by atoms with Gasteiger partial charge in [0.05, 0.1) is 11.4 Å². The third kappa shape index (κ3) is 3.68. The Hall–Kier alpha value is -1.99. The van der Waals surface area contributed by atoms with Gasteiger partial charge < -0.3 is 9.73 Å². The van der Waals surface area contributed by atoms with E-state index in [1.54, 1.807) is 6.20 Å². The molecule has 7 heteroatoms. The number of aryl methyl sites for hydroxylation is 1. The van der Waals surface area contributed by atoms with E-state index >= 15 is 0 Å². The Morgan fingerprint density at radius 2 is 2.13 bits per heavy atom. The van der Waals surface area contributed by atoms with Crippen molar-refractivity contribution in [2.45, 2.75) is 17.2 Å². The Morgan fingerprint density at radius 1 is 1.30 bits per heavy atom. The maximum atomic E-state index is 12.2. The van der Waals surface area contributed by atoms with Gasteiger partial charge in [-0.05, 0) is 36.9 Å². The van der Waals surface area contributed by atoms with Crippen molar-refractivity contribution in [3.05, 3.63) is 42.1 Å². The highest BCUT2D eigenvalue weighted by Gasteiger charge is 2.12. The number of fused-ring (bicyclic) bond motifs is 1. The van der Waals surface area contributed by atoms with Crippen LogP contribution in [0.1, 0.15) is 5.56 Å². The number of para-hydroxylation sites is 2. The lowest BCUT2D eigenvalue weighted by molar-refractivity contribution is -0.113. The predicted octanol–water partition coefficient (Wildman–Crippen LogP) is 3.98. The van der Waals surface area contributed by atoms with E-state index in [1.165, 1.54) is 23.5 Å². The highest BCUT2D eigenvalue weighted by atomic mass is 32.2. The molecule has 0 fully saturated rings. The Kier molecular flexibility index (Phi) is 4.88. The third-order valence-electron chi connectivity index (χ3n) is 3.18. The minimum Gasteiger partial charge on any atom is -0.431 e. The second kappa shape index (κ2) is 7.06. The van der Waals surface area contributed by atoms with Gasteiger partial charge in [0.25, 0.3) is 5.22 Å². The summed E-state index contributed by atoms with van der Waals surface area (Å²) in [5, 5.41) is 4.23. The van der Waals surface area contributed by atoms with Crippen LogP contribution in [0.15, 0.2) is 51.2 Å². The minimum atomic E-state index is -0.108. The van der Waals surface area contributed by atoms with Crippen LogP contribution in [0.4, 0.5) is 5.69 Å². The predicted molar refractivity (Wildman–Crippen MR) is 94.1 cm³/mol. The zero-order valence-electron chi connectivity index (χ0n) is 12.7. The maximum absolute atomic E-state index is 12.2. The van der Waals surface area contributed by atoms with Crippen LogP contribution in [0.25, 0.3) is 11.1 Å². The van der Waals surface area contributed by atoms with E-state index in [-0.39, 0.29) is 11.7 Å². The molecular formula is C16H15N3O2S2. The van der Waals surface area contributed by atoms with Crippen LogP contribution in [0.2, 0.25) is 0 Å². The summed E-state index contributed by atoms with van der Waals surface area (Å²) in [5.74, 6) is 0.123. The smallest absolute Gasteiger partial charge is 0.257 e. The number of hydrogen-bond donors (Lipinski definition) is 1. The van der Waals surface area contributed by atoms with Crippen molar-refractivity contribution in [2.24, 2.45) is 0 Å². The monoisotopic (exact) mass is 345 g/mol. The Bertz CT molecular complexity index is 815. The van der Waals surface area contributed by atoms with Gasteiger partial charge in [-0.2, -0.15) is 0 Å². The molecule has 0 saturated carbocycles. The summed E-state index contributed by atoms with van der Waals surface area (Å²) in [6.45, 7) is 1.95. The largest absolute Gasteiger partial charge is 0.431 e. The number of carbonyl (C=O) groups excluding carboxylic acids is 1. The van der Waals surface area contributed by atoms with Crippen LogP contribution < -0.4 is 5.32 Å². The first-order valence-electron chi connectivity index (χ1n) is 6.95. The molecule has 0 aliphatic rings. The van der Waals surface area contributed by atoms with Crippen LogP contribution in [-0.4, -0.2) is 27.9 Å². The van der Waals surface area contributed by atoms with E-state index in [4.69, 9.17) is 4.42 Å². The van der Waals surface area contributed by atoms with Gasteiger partial charge in [-0.3, -0.25) is 4.79 Å². The number of pyridine rings is 1. The molecule has 3 rings (SSSR count). The Balaban J connectivity index is 1.66. The zero-order chi connectivity index (χ0) is 16.2. The molecule has 1 N–H and O–H groups in total. The summed E-state index contributed by atoms with van der Waals surface area (Å²) in [6, 6.07) is 9.41. The number of thioether (sulfide) groups is 2. The number of benzene rings is 1. The molecule has 0 unspecified atom stereocenters. The van der Waals surface area contributed by atoms with E-state index in [0.717, 1.165) is 27.4 Å².